The number of morpholine rings is 1. The van der Waals surface area contributed by atoms with Crippen LogP contribution in [0.3, 0.4) is 0 Å². The van der Waals surface area contributed by atoms with Gasteiger partial charge in [-0.05, 0) is 37.1 Å². The fourth-order valence-corrected chi connectivity index (χ4v) is 3.22. The number of fused-ring (bicyclic) bond motifs is 1. The number of benzene rings is 1. The molecule has 30 heavy (non-hydrogen) atoms. The zero-order valence-electron chi connectivity index (χ0n) is 18.0. The largest absolute Gasteiger partial charge is 0.454 e. The first-order valence-corrected chi connectivity index (χ1v) is 10.5. The number of rotatable bonds is 9. The number of aliphatic imine (C=N–C) groups is 1. The van der Waals surface area contributed by atoms with Gasteiger partial charge in [0, 0.05) is 40.3 Å². The molecule has 1 amide bonds. The third kappa shape index (κ3) is 7.07. The zero-order valence-corrected chi connectivity index (χ0v) is 18.0. The number of ether oxygens (including phenoxy) is 3. The summed E-state index contributed by atoms with van der Waals surface area (Å²) < 4.78 is 16.2. The van der Waals surface area contributed by atoms with Crippen LogP contribution in [0.5, 0.6) is 11.5 Å². The fourth-order valence-electron chi connectivity index (χ4n) is 3.22. The predicted molar refractivity (Wildman–Crippen MR) is 115 cm³/mol. The Bertz CT molecular complexity index is 719. The number of carbonyl (C=O) groups is 1. The summed E-state index contributed by atoms with van der Waals surface area (Å²) in [4.78, 5) is 20.3. The molecule has 0 spiro atoms. The summed E-state index contributed by atoms with van der Waals surface area (Å²) in [6.45, 7) is 6.53. The molecule has 1 aromatic rings. The summed E-state index contributed by atoms with van der Waals surface area (Å²) in [5, 5.41) is 6.68. The second-order valence-electron chi connectivity index (χ2n) is 7.55. The summed E-state index contributed by atoms with van der Waals surface area (Å²) in [7, 11) is 3.47. The molecule has 0 saturated carbocycles. The number of likely N-dealkylation sites (N-methyl/N-ethyl adjacent to an activating group) is 1. The Kier molecular flexibility index (Phi) is 8.58. The number of hydrogen-bond acceptors (Lipinski definition) is 6. The second kappa shape index (κ2) is 11.6. The summed E-state index contributed by atoms with van der Waals surface area (Å²) in [6.07, 6.45) is 1.82. The highest BCUT2D eigenvalue weighted by Crippen LogP contribution is 2.32. The first-order chi connectivity index (χ1) is 14.6. The molecule has 166 valence electrons. The summed E-state index contributed by atoms with van der Waals surface area (Å²) >= 11 is 0. The molecule has 0 radical (unpaired) electrons. The van der Waals surface area contributed by atoms with E-state index in [1.165, 1.54) is 0 Å². The van der Waals surface area contributed by atoms with E-state index in [0.717, 1.165) is 69.3 Å². The van der Waals surface area contributed by atoms with Crippen molar-refractivity contribution in [1.82, 2.24) is 20.4 Å². The maximum atomic E-state index is 11.9. The highest BCUT2D eigenvalue weighted by Gasteiger charge is 2.13. The third-order valence-corrected chi connectivity index (χ3v) is 5.06. The maximum absolute atomic E-state index is 11.9. The van der Waals surface area contributed by atoms with Crippen LogP contribution in [0.25, 0.3) is 0 Å². The second-order valence-corrected chi connectivity index (χ2v) is 7.55. The molecule has 9 heteroatoms. The van der Waals surface area contributed by atoms with Crippen molar-refractivity contribution in [3.05, 3.63) is 23.8 Å². The average molecular weight is 420 g/mol. The minimum Gasteiger partial charge on any atom is -0.454 e. The standard InChI is InChI=1S/C21H33N5O4/c1-25(2)20(27)15-24-21(22-7-3-9-26-10-12-28-13-11-26)23-8-6-17-4-5-18-19(14-17)30-16-29-18/h4-5,14H,3,6-13,15-16H2,1-2H3,(H2,22,23,24). The first kappa shape index (κ1) is 22.2. The van der Waals surface area contributed by atoms with E-state index in [2.05, 4.69) is 20.5 Å². The molecule has 2 aliphatic rings. The van der Waals surface area contributed by atoms with Gasteiger partial charge in [-0.2, -0.15) is 0 Å². The summed E-state index contributed by atoms with van der Waals surface area (Å²) in [5.41, 5.74) is 1.16. The molecule has 1 fully saturated rings. The smallest absolute Gasteiger partial charge is 0.243 e. The van der Waals surface area contributed by atoms with Gasteiger partial charge in [-0.1, -0.05) is 6.07 Å². The molecule has 0 bridgehead atoms. The molecule has 1 saturated heterocycles. The van der Waals surface area contributed by atoms with Gasteiger partial charge in [0.2, 0.25) is 12.7 Å². The number of guanidine groups is 1. The van der Waals surface area contributed by atoms with Gasteiger partial charge in [0.25, 0.3) is 0 Å². The van der Waals surface area contributed by atoms with Crippen molar-refractivity contribution in [1.29, 1.82) is 0 Å². The minimum atomic E-state index is -0.0276. The van der Waals surface area contributed by atoms with Crippen molar-refractivity contribution in [2.75, 3.05) is 73.4 Å². The molecule has 2 aliphatic heterocycles. The Morgan fingerprint density at radius 2 is 1.90 bits per heavy atom. The molecule has 0 atom stereocenters. The lowest BCUT2D eigenvalue weighted by molar-refractivity contribution is -0.127. The van der Waals surface area contributed by atoms with Crippen LogP contribution in [0.15, 0.2) is 23.2 Å². The fraction of sp³-hybridized carbons (Fsp3) is 0.619. The first-order valence-electron chi connectivity index (χ1n) is 10.5. The van der Waals surface area contributed by atoms with E-state index in [9.17, 15) is 4.79 Å². The van der Waals surface area contributed by atoms with Crippen molar-refractivity contribution in [3.63, 3.8) is 0 Å². The highest BCUT2D eigenvalue weighted by molar-refractivity contribution is 5.84. The van der Waals surface area contributed by atoms with E-state index in [1.54, 1.807) is 19.0 Å². The van der Waals surface area contributed by atoms with Gasteiger partial charge in [0.1, 0.15) is 6.54 Å². The Labute approximate surface area is 178 Å². The Morgan fingerprint density at radius 1 is 1.13 bits per heavy atom. The van der Waals surface area contributed by atoms with E-state index in [-0.39, 0.29) is 19.2 Å². The van der Waals surface area contributed by atoms with Crippen LogP contribution < -0.4 is 20.1 Å². The lowest BCUT2D eigenvalue weighted by atomic mass is 10.1. The van der Waals surface area contributed by atoms with Gasteiger partial charge >= 0.3 is 0 Å². The van der Waals surface area contributed by atoms with E-state index >= 15 is 0 Å². The predicted octanol–water partition coefficient (Wildman–Crippen LogP) is 0.304. The molecule has 2 N–H and O–H groups in total. The van der Waals surface area contributed by atoms with Crippen LogP contribution in [0, 0.1) is 0 Å². The normalized spacial score (nSPS) is 16.4. The molecule has 2 heterocycles. The molecule has 1 aromatic carbocycles. The summed E-state index contributed by atoms with van der Waals surface area (Å²) in [6, 6.07) is 5.98. The zero-order chi connectivity index (χ0) is 21.2. The molecule has 0 unspecified atom stereocenters. The Morgan fingerprint density at radius 3 is 2.70 bits per heavy atom. The van der Waals surface area contributed by atoms with Crippen LogP contribution in [-0.4, -0.2) is 95.0 Å². The van der Waals surface area contributed by atoms with Crippen LogP contribution >= 0.6 is 0 Å². The van der Waals surface area contributed by atoms with Crippen LogP contribution in [0.2, 0.25) is 0 Å². The number of nitrogens with zero attached hydrogens (tertiary/aromatic N) is 3. The quantitative estimate of drug-likeness (QED) is 0.338. The van der Waals surface area contributed by atoms with Crippen LogP contribution in [0.4, 0.5) is 0 Å². The van der Waals surface area contributed by atoms with Gasteiger partial charge in [0.05, 0.1) is 13.2 Å². The van der Waals surface area contributed by atoms with E-state index in [0.29, 0.717) is 12.5 Å². The van der Waals surface area contributed by atoms with Crippen molar-refractivity contribution < 1.29 is 19.0 Å². The van der Waals surface area contributed by atoms with Crippen molar-refractivity contribution >= 4 is 11.9 Å². The molecule has 0 aliphatic carbocycles. The highest BCUT2D eigenvalue weighted by atomic mass is 16.7. The number of carbonyl (C=O) groups excluding carboxylic acids is 1. The number of amides is 1. The maximum Gasteiger partial charge on any atom is 0.243 e. The van der Waals surface area contributed by atoms with Gasteiger partial charge in [0.15, 0.2) is 17.5 Å². The van der Waals surface area contributed by atoms with Crippen molar-refractivity contribution in [2.45, 2.75) is 12.8 Å². The number of hydrogen-bond donors (Lipinski definition) is 2. The summed E-state index contributed by atoms with van der Waals surface area (Å²) in [5.74, 6) is 2.21. The van der Waals surface area contributed by atoms with Gasteiger partial charge in [-0.3, -0.25) is 9.69 Å². The van der Waals surface area contributed by atoms with E-state index < -0.39 is 0 Å². The van der Waals surface area contributed by atoms with E-state index in [1.807, 2.05) is 18.2 Å². The molecule has 0 aromatic heterocycles. The average Bonchev–Trinajstić information content (AvgIpc) is 3.22. The van der Waals surface area contributed by atoms with Gasteiger partial charge in [-0.15, -0.1) is 0 Å². The van der Waals surface area contributed by atoms with Crippen molar-refractivity contribution in [2.24, 2.45) is 4.99 Å². The van der Waals surface area contributed by atoms with Gasteiger partial charge < -0.3 is 29.7 Å². The van der Waals surface area contributed by atoms with Gasteiger partial charge in [-0.25, -0.2) is 4.99 Å². The molecular weight excluding hydrogens is 386 g/mol. The Balaban J connectivity index is 1.44. The SMILES string of the molecule is CN(C)C(=O)CN=C(NCCCN1CCOCC1)NCCc1ccc2c(c1)OCO2. The molecular formula is C21H33N5O4. The minimum absolute atomic E-state index is 0.0276. The van der Waals surface area contributed by atoms with Crippen molar-refractivity contribution in [3.8, 4) is 11.5 Å². The third-order valence-electron chi connectivity index (χ3n) is 5.06. The van der Waals surface area contributed by atoms with Crippen LogP contribution in [-0.2, 0) is 16.0 Å². The van der Waals surface area contributed by atoms with E-state index in [4.69, 9.17) is 14.2 Å². The molecule has 3 rings (SSSR count). The lowest BCUT2D eigenvalue weighted by Gasteiger charge is -2.26. The topological polar surface area (TPSA) is 87.7 Å². The molecule has 9 nitrogen and oxygen atoms in total. The number of nitrogens with one attached hydrogen (secondary N) is 2. The van der Waals surface area contributed by atoms with Crippen LogP contribution in [0.1, 0.15) is 12.0 Å². The monoisotopic (exact) mass is 419 g/mol. The Hall–Kier alpha value is -2.52. The lowest BCUT2D eigenvalue weighted by Crippen LogP contribution is -2.41.